The minimum absolute atomic E-state index is 0.000410. The van der Waals surface area contributed by atoms with E-state index in [0.717, 1.165) is 17.3 Å². The van der Waals surface area contributed by atoms with Crippen molar-refractivity contribution in [3.8, 4) is 0 Å². The minimum atomic E-state index is -1.93. The molecule has 0 aromatic carbocycles. The number of rotatable bonds is 13. The summed E-state index contributed by atoms with van der Waals surface area (Å²) in [6, 6.07) is 0. The molecule has 0 aromatic heterocycles. The van der Waals surface area contributed by atoms with E-state index in [0.29, 0.717) is 26.6 Å². The van der Waals surface area contributed by atoms with E-state index in [9.17, 15) is 0 Å². The van der Waals surface area contributed by atoms with Gasteiger partial charge >= 0.3 is 0 Å². The summed E-state index contributed by atoms with van der Waals surface area (Å²) in [6.07, 6.45) is 1.76. The fourth-order valence-electron chi connectivity index (χ4n) is 2.85. The van der Waals surface area contributed by atoms with Crippen molar-refractivity contribution in [2.24, 2.45) is 0 Å². The summed E-state index contributed by atoms with van der Waals surface area (Å²) in [6.45, 7) is 17.4. The molecule has 0 bridgehead atoms. The third-order valence-electron chi connectivity index (χ3n) is 5.37. The Labute approximate surface area is 186 Å². The lowest BCUT2D eigenvalue weighted by Crippen LogP contribution is -2.49. The Morgan fingerprint density at radius 3 is 2.29 bits per heavy atom. The molecule has 1 heterocycles. The molecule has 28 heavy (non-hydrogen) atoms. The number of ether oxygens (including phenoxy) is 5. The van der Waals surface area contributed by atoms with Gasteiger partial charge in [-0.1, -0.05) is 43.4 Å². The van der Waals surface area contributed by atoms with Gasteiger partial charge in [-0.2, -0.15) is 0 Å². The lowest BCUT2D eigenvalue weighted by Gasteiger charge is -2.41. The van der Waals surface area contributed by atoms with E-state index >= 15 is 0 Å². The van der Waals surface area contributed by atoms with Gasteiger partial charge in [-0.25, -0.2) is 0 Å². The first kappa shape index (κ1) is 26.7. The van der Waals surface area contributed by atoms with E-state index < -0.39 is 14.1 Å². The highest BCUT2D eigenvalue weighted by Crippen LogP contribution is 2.40. The third kappa shape index (κ3) is 8.83. The average molecular weight is 533 g/mol. The zero-order valence-electron chi connectivity index (χ0n) is 19.0. The van der Waals surface area contributed by atoms with Gasteiger partial charge in [-0.3, -0.25) is 0 Å². The Hall–Kier alpha value is 0.707. The molecule has 0 spiro atoms. The highest BCUT2D eigenvalue weighted by Gasteiger charge is 2.48. The van der Waals surface area contributed by atoms with Crippen LogP contribution in [0, 0.1) is 0 Å². The highest BCUT2D eigenvalue weighted by atomic mass is 127. The first-order valence-electron chi connectivity index (χ1n) is 10.2. The van der Waals surface area contributed by atoms with Gasteiger partial charge in [0.05, 0.1) is 25.4 Å². The summed E-state index contributed by atoms with van der Waals surface area (Å²) < 4.78 is 36.0. The molecule has 1 aliphatic rings. The molecule has 0 amide bonds. The predicted octanol–water partition coefficient (Wildman–Crippen LogP) is 4.75. The van der Waals surface area contributed by atoms with Crippen LogP contribution < -0.4 is 0 Å². The van der Waals surface area contributed by atoms with E-state index in [1.54, 1.807) is 7.11 Å². The first-order valence-corrected chi connectivity index (χ1v) is 14.6. The van der Waals surface area contributed by atoms with E-state index in [4.69, 9.17) is 28.1 Å². The molecule has 1 fully saturated rings. The van der Waals surface area contributed by atoms with Crippen molar-refractivity contribution < 1.29 is 28.1 Å². The molecule has 6 nitrogen and oxygen atoms in total. The third-order valence-corrected chi connectivity index (χ3v) is 10.7. The van der Waals surface area contributed by atoms with Gasteiger partial charge in [0.25, 0.3) is 0 Å². The smallest absolute Gasteiger partial charge is 0.192 e. The van der Waals surface area contributed by atoms with Gasteiger partial charge in [0, 0.05) is 18.1 Å². The van der Waals surface area contributed by atoms with Crippen molar-refractivity contribution >= 4 is 30.9 Å². The Morgan fingerprint density at radius 1 is 1.07 bits per heavy atom. The second kappa shape index (κ2) is 11.9. The molecule has 3 atom stereocenters. The van der Waals surface area contributed by atoms with Gasteiger partial charge in [0.15, 0.2) is 14.1 Å². The summed E-state index contributed by atoms with van der Waals surface area (Å²) in [7, 11) is -0.273. The molecule has 0 radical (unpaired) electrons. The Balaban J connectivity index is 2.66. The summed E-state index contributed by atoms with van der Waals surface area (Å²) in [5.74, 6) is -0.568. The van der Waals surface area contributed by atoms with Crippen molar-refractivity contribution in [1.82, 2.24) is 0 Å². The van der Waals surface area contributed by atoms with Crippen molar-refractivity contribution in [1.29, 1.82) is 0 Å². The number of hydrogen-bond donors (Lipinski definition) is 0. The zero-order valence-corrected chi connectivity index (χ0v) is 22.2. The van der Waals surface area contributed by atoms with Crippen LogP contribution in [-0.4, -0.2) is 70.6 Å². The van der Waals surface area contributed by atoms with Crippen LogP contribution in [0.4, 0.5) is 0 Å². The monoisotopic (exact) mass is 532 g/mol. The van der Waals surface area contributed by atoms with Crippen LogP contribution in [-0.2, 0) is 28.1 Å². The zero-order chi connectivity index (χ0) is 21.4. The maximum Gasteiger partial charge on any atom is 0.192 e. The lowest BCUT2D eigenvalue weighted by atomic mass is 10.1. The topological polar surface area (TPSA) is 55.4 Å². The Morgan fingerprint density at radius 2 is 1.71 bits per heavy atom. The van der Waals surface area contributed by atoms with Crippen molar-refractivity contribution in [3.63, 3.8) is 0 Å². The highest BCUT2D eigenvalue weighted by molar-refractivity contribution is 14.1. The van der Waals surface area contributed by atoms with Gasteiger partial charge in [0.1, 0.15) is 12.9 Å². The average Bonchev–Trinajstić information content (AvgIpc) is 2.90. The van der Waals surface area contributed by atoms with E-state index in [2.05, 4.69) is 56.5 Å². The molecule has 168 valence electrons. The molecular formula is C20H41IO6Si. The largest absolute Gasteiger partial charge is 0.411 e. The Bertz CT molecular complexity index is 441. The molecule has 0 N–H and O–H groups in total. The lowest BCUT2D eigenvalue weighted by molar-refractivity contribution is -0.153. The second-order valence-corrected chi connectivity index (χ2v) is 14.9. The molecule has 8 heteroatoms. The molecule has 0 aromatic rings. The maximum atomic E-state index is 6.80. The van der Waals surface area contributed by atoms with E-state index in [-0.39, 0.29) is 23.4 Å². The molecule has 1 saturated heterocycles. The minimum Gasteiger partial charge on any atom is -0.411 e. The first-order chi connectivity index (χ1) is 12.9. The molecule has 1 aliphatic heterocycles. The summed E-state index contributed by atoms with van der Waals surface area (Å²) in [4.78, 5) is 0. The van der Waals surface area contributed by atoms with Crippen LogP contribution in [0.15, 0.2) is 0 Å². The van der Waals surface area contributed by atoms with Crippen LogP contribution in [0.5, 0.6) is 0 Å². The van der Waals surface area contributed by atoms with Crippen LogP contribution in [0.25, 0.3) is 0 Å². The normalized spacial score (nSPS) is 23.9. The van der Waals surface area contributed by atoms with Crippen LogP contribution in [0.3, 0.4) is 0 Å². The number of methoxy groups -OCH3 is 1. The number of hydrogen-bond acceptors (Lipinski definition) is 6. The fraction of sp³-hybridized carbons (Fsp3) is 1.00. The summed E-state index contributed by atoms with van der Waals surface area (Å²) in [5.41, 5.74) is 0. The number of alkyl halides is 1. The standard InChI is InChI=1S/C20H41IO6Si/c1-19(2,3)28(7,8)27-16(10-9-11-23-15-24-13-12-22-6)18-17(14-21)25-20(4,5)26-18/h16-18H,9-15H2,1-8H3/t16-,17-,18+/m1/s1. The van der Waals surface area contributed by atoms with E-state index in [1.807, 2.05) is 13.8 Å². The summed E-state index contributed by atoms with van der Waals surface area (Å²) in [5, 5.41) is 0.145. The van der Waals surface area contributed by atoms with Gasteiger partial charge in [-0.15, -0.1) is 0 Å². The fourth-order valence-corrected chi connectivity index (χ4v) is 4.89. The molecular weight excluding hydrogens is 491 g/mol. The Kier molecular flexibility index (Phi) is 11.4. The summed E-state index contributed by atoms with van der Waals surface area (Å²) >= 11 is 2.37. The van der Waals surface area contributed by atoms with Crippen LogP contribution >= 0.6 is 22.6 Å². The SMILES string of the molecule is COCCOCOCCC[C@@H](O[Si](C)(C)C(C)(C)C)[C@@H]1OC(C)(C)O[C@@H]1CI. The number of halogens is 1. The van der Waals surface area contributed by atoms with Gasteiger partial charge in [0.2, 0.25) is 0 Å². The van der Waals surface area contributed by atoms with Crippen molar-refractivity contribution in [2.45, 2.75) is 89.7 Å². The molecule has 0 unspecified atom stereocenters. The second-order valence-electron chi connectivity index (χ2n) is 9.28. The predicted molar refractivity (Wildman–Crippen MR) is 123 cm³/mol. The van der Waals surface area contributed by atoms with Gasteiger partial charge < -0.3 is 28.1 Å². The quantitative estimate of drug-likeness (QED) is 0.112. The molecule has 1 rings (SSSR count). The van der Waals surface area contributed by atoms with Crippen molar-refractivity contribution in [2.75, 3.05) is 38.2 Å². The van der Waals surface area contributed by atoms with Crippen LogP contribution in [0.2, 0.25) is 18.1 Å². The molecule has 0 saturated carbocycles. The van der Waals surface area contributed by atoms with E-state index in [1.165, 1.54) is 0 Å². The van der Waals surface area contributed by atoms with Crippen LogP contribution in [0.1, 0.15) is 47.5 Å². The van der Waals surface area contributed by atoms with Crippen molar-refractivity contribution in [3.05, 3.63) is 0 Å². The van der Waals surface area contributed by atoms with Gasteiger partial charge in [-0.05, 0) is 44.8 Å². The maximum absolute atomic E-state index is 6.80. The molecule has 0 aliphatic carbocycles.